The topological polar surface area (TPSA) is 62.4 Å². The minimum absolute atomic E-state index is 0.662. The molecule has 0 aromatic carbocycles. The van der Waals surface area contributed by atoms with Crippen LogP contribution in [0.4, 0.5) is 0 Å². The molecule has 4 N–H and O–H groups in total. The van der Waals surface area contributed by atoms with Crippen molar-refractivity contribution in [2.24, 2.45) is 10.8 Å². The highest BCUT2D eigenvalue weighted by Gasteiger charge is 1.95. The molecule has 0 fully saturated rings. The fourth-order valence-corrected chi connectivity index (χ4v) is 1.75. The summed E-state index contributed by atoms with van der Waals surface area (Å²) in [6.45, 7) is 3.73. The van der Waals surface area contributed by atoms with Crippen LogP contribution in [0.5, 0.6) is 0 Å². The van der Waals surface area contributed by atoms with Crippen LogP contribution in [-0.2, 0) is 6.54 Å². The summed E-state index contributed by atoms with van der Waals surface area (Å²) in [6, 6.07) is 2.06. The van der Waals surface area contributed by atoms with Gasteiger partial charge in [0.1, 0.15) is 0 Å². The largest absolute Gasteiger partial charge is 0.355 e. The van der Waals surface area contributed by atoms with E-state index in [1.165, 1.54) is 5.56 Å². The molecule has 0 amide bonds. The summed E-state index contributed by atoms with van der Waals surface area (Å²) in [5.41, 5.74) is 3.78. The first-order valence-electron chi connectivity index (χ1n) is 5.12. The van der Waals surface area contributed by atoms with Crippen LogP contribution in [0, 0.1) is 0 Å². The maximum Gasteiger partial charge on any atom is 0.206 e. The lowest BCUT2D eigenvalue weighted by Gasteiger charge is -2.07. The van der Waals surface area contributed by atoms with Crippen molar-refractivity contribution >= 4 is 17.3 Å². The van der Waals surface area contributed by atoms with Crippen molar-refractivity contribution in [2.45, 2.75) is 26.3 Å². The first-order chi connectivity index (χ1) is 7.36. The van der Waals surface area contributed by atoms with Gasteiger partial charge in [-0.05, 0) is 28.8 Å². The molecule has 0 saturated carbocycles. The third-order valence-electron chi connectivity index (χ3n) is 1.96. The van der Waals surface area contributed by atoms with Crippen LogP contribution in [0.2, 0.25) is 0 Å². The van der Waals surface area contributed by atoms with Crippen molar-refractivity contribution < 1.29 is 0 Å². The van der Waals surface area contributed by atoms with Crippen molar-refractivity contribution in [3.8, 4) is 0 Å². The first kappa shape index (κ1) is 12.0. The van der Waals surface area contributed by atoms with Crippen molar-refractivity contribution in [2.75, 3.05) is 6.54 Å². The SMILES string of the molecule is CCCCNC(=NCc1ccsc1)NN. The molecule has 0 unspecified atom stereocenters. The molecule has 0 aliphatic rings. The Morgan fingerprint density at radius 2 is 2.47 bits per heavy atom. The molecule has 0 radical (unpaired) electrons. The zero-order chi connectivity index (χ0) is 10.9. The number of nitrogens with zero attached hydrogens (tertiary/aromatic N) is 1. The molecule has 1 rings (SSSR count). The van der Waals surface area contributed by atoms with Crippen molar-refractivity contribution in [1.29, 1.82) is 0 Å². The Kier molecular flexibility index (Phi) is 5.80. The number of hydrogen-bond acceptors (Lipinski definition) is 3. The van der Waals surface area contributed by atoms with Gasteiger partial charge in [-0.25, -0.2) is 10.8 Å². The van der Waals surface area contributed by atoms with Gasteiger partial charge >= 0.3 is 0 Å². The lowest BCUT2D eigenvalue weighted by Crippen LogP contribution is -2.41. The number of aliphatic imine (C=N–C) groups is 1. The Labute approximate surface area is 94.6 Å². The monoisotopic (exact) mass is 226 g/mol. The lowest BCUT2D eigenvalue weighted by atomic mass is 10.3. The van der Waals surface area contributed by atoms with Crippen molar-refractivity contribution in [3.05, 3.63) is 22.4 Å². The summed E-state index contributed by atoms with van der Waals surface area (Å²) in [7, 11) is 0. The maximum atomic E-state index is 5.35. The summed E-state index contributed by atoms with van der Waals surface area (Å²) in [4.78, 5) is 4.33. The second-order valence-electron chi connectivity index (χ2n) is 3.22. The van der Waals surface area contributed by atoms with E-state index in [0.717, 1.165) is 19.4 Å². The number of thiophene rings is 1. The van der Waals surface area contributed by atoms with Gasteiger partial charge in [0.05, 0.1) is 6.54 Å². The van der Waals surface area contributed by atoms with E-state index in [9.17, 15) is 0 Å². The average Bonchev–Trinajstić information content (AvgIpc) is 2.76. The Hall–Kier alpha value is -1.07. The van der Waals surface area contributed by atoms with Gasteiger partial charge in [-0.15, -0.1) is 0 Å². The second kappa shape index (κ2) is 7.25. The second-order valence-corrected chi connectivity index (χ2v) is 4.00. The van der Waals surface area contributed by atoms with E-state index in [1.54, 1.807) is 11.3 Å². The number of nitrogens with two attached hydrogens (primary N) is 1. The van der Waals surface area contributed by atoms with E-state index in [0.29, 0.717) is 12.5 Å². The van der Waals surface area contributed by atoms with Crippen LogP contribution in [0.1, 0.15) is 25.3 Å². The van der Waals surface area contributed by atoms with Gasteiger partial charge in [0.15, 0.2) is 0 Å². The predicted molar refractivity (Wildman–Crippen MR) is 65.7 cm³/mol. The number of nitrogens with one attached hydrogen (secondary N) is 2. The van der Waals surface area contributed by atoms with Gasteiger partial charge in [-0.3, -0.25) is 5.43 Å². The molecule has 84 valence electrons. The molecule has 5 heteroatoms. The fourth-order valence-electron chi connectivity index (χ4n) is 1.09. The molecule has 1 aromatic rings. The van der Waals surface area contributed by atoms with E-state index in [2.05, 4.69) is 34.1 Å². The average molecular weight is 226 g/mol. The third kappa shape index (κ3) is 4.80. The molecule has 1 heterocycles. The Balaban J connectivity index is 2.33. The standard InChI is InChI=1S/C10H18N4S/c1-2-3-5-12-10(14-11)13-7-9-4-6-15-8-9/h4,6,8H,2-3,5,7,11H2,1H3,(H2,12,13,14). The summed E-state index contributed by atoms with van der Waals surface area (Å²) >= 11 is 1.68. The molecule has 0 aliphatic heterocycles. The fraction of sp³-hybridized carbons (Fsp3) is 0.500. The molecule has 0 bridgehead atoms. The van der Waals surface area contributed by atoms with Crippen LogP contribution in [-0.4, -0.2) is 12.5 Å². The predicted octanol–water partition coefficient (Wildman–Crippen LogP) is 1.46. The van der Waals surface area contributed by atoms with Gasteiger partial charge < -0.3 is 5.32 Å². The van der Waals surface area contributed by atoms with E-state index < -0.39 is 0 Å². The lowest BCUT2D eigenvalue weighted by molar-refractivity contribution is 0.732. The number of guanidine groups is 1. The first-order valence-corrected chi connectivity index (χ1v) is 6.07. The van der Waals surface area contributed by atoms with Crippen LogP contribution in [0.3, 0.4) is 0 Å². The maximum absolute atomic E-state index is 5.35. The smallest absolute Gasteiger partial charge is 0.206 e. The number of hydrogen-bond donors (Lipinski definition) is 3. The minimum atomic E-state index is 0.662. The molecule has 0 spiro atoms. The number of rotatable bonds is 5. The summed E-state index contributed by atoms with van der Waals surface area (Å²) in [5.74, 6) is 6.02. The van der Waals surface area contributed by atoms with Crippen LogP contribution < -0.4 is 16.6 Å². The summed E-state index contributed by atoms with van der Waals surface area (Å²) in [6.07, 6.45) is 2.29. The normalized spacial score (nSPS) is 11.5. The van der Waals surface area contributed by atoms with Crippen LogP contribution in [0.25, 0.3) is 0 Å². The molecule has 4 nitrogen and oxygen atoms in total. The van der Waals surface area contributed by atoms with E-state index in [-0.39, 0.29) is 0 Å². The quantitative estimate of drug-likeness (QED) is 0.234. The van der Waals surface area contributed by atoms with Gasteiger partial charge in [-0.2, -0.15) is 11.3 Å². The Bertz CT molecular complexity index is 282. The molecule has 1 aromatic heterocycles. The molecule has 0 saturated heterocycles. The highest BCUT2D eigenvalue weighted by Crippen LogP contribution is 2.06. The van der Waals surface area contributed by atoms with E-state index >= 15 is 0 Å². The van der Waals surface area contributed by atoms with Crippen molar-refractivity contribution in [3.63, 3.8) is 0 Å². The Morgan fingerprint density at radius 1 is 1.60 bits per heavy atom. The van der Waals surface area contributed by atoms with Gasteiger partial charge in [-0.1, -0.05) is 13.3 Å². The highest BCUT2D eigenvalue weighted by molar-refractivity contribution is 7.07. The molecule has 15 heavy (non-hydrogen) atoms. The van der Waals surface area contributed by atoms with Gasteiger partial charge in [0.25, 0.3) is 0 Å². The Morgan fingerprint density at radius 3 is 3.07 bits per heavy atom. The van der Waals surface area contributed by atoms with Crippen LogP contribution >= 0.6 is 11.3 Å². The molecule has 0 atom stereocenters. The van der Waals surface area contributed by atoms with Gasteiger partial charge in [0.2, 0.25) is 5.96 Å². The minimum Gasteiger partial charge on any atom is -0.355 e. The van der Waals surface area contributed by atoms with Crippen LogP contribution in [0.15, 0.2) is 21.8 Å². The highest BCUT2D eigenvalue weighted by atomic mass is 32.1. The molecule has 0 aliphatic carbocycles. The third-order valence-corrected chi connectivity index (χ3v) is 2.69. The number of hydrazine groups is 1. The zero-order valence-electron chi connectivity index (χ0n) is 8.99. The van der Waals surface area contributed by atoms with E-state index in [4.69, 9.17) is 5.84 Å². The van der Waals surface area contributed by atoms with Gasteiger partial charge in [0, 0.05) is 6.54 Å². The number of unbranched alkanes of at least 4 members (excludes halogenated alkanes) is 1. The summed E-state index contributed by atoms with van der Waals surface area (Å²) < 4.78 is 0. The van der Waals surface area contributed by atoms with Crippen molar-refractivity contribution in [1.82, 2.24) is 10.7 Å². The molecular formula is C10H18N4S. The molecular weight excluding hydrogens is 208 g/mol. The zero-order valence-corrected chi connectivity index (χ0v) is 9.81. The van der Waals surface area contributed by atoms with E-state index in [1.807, 2.05) is 5.38 Å². The summed E-state index contributed by atoms with van der Waals surface area (Å²) in [5, 5.41) is 7.28.